The number of halogens is 1. The number of benzene rings is 1. The summed E-state index contributed by atoms with van der Waals surface area (Å²) in [5, 5.41) is 9.71. The number of hydrogen-bond acceptors (Lipinski definition) is 3. The van der Waals surface area contributed by atoms with E-state index in [0.29, 0.717) is 23.3 Å². The second-order valence-electron chi connectivity index (χ2n) is 4.98. The molecule has 1 saturated heterocycles. The Labute approximate surface area is 113 Å². The third-order valence-corrected chi connectivity index (χ3v) is 3.80. The fraction of sp³-hybridized carbons (Fsp3) is 0.571. The lowest BCUT2D eigenvalue weighted by molar-refractivity contribution is 0.160. The molecule has 1 N–H and O–H groups in total. The summed E-state index contributed by atoms with van der Waals surface area (Å²) in [6, 6.07) is 5.40. The van der Waals surface area contributed by atoms with Crippen molar-refractivity contribution in [3.05, 3.63) is 28.8 Å². The lowest BCUT2D eigenvalue weighted by Gasteiger charge is -2.28. The van der Waals surface area contributed by atoms with Gasteiger partial charge in [-0.05, 0) is 56.6 Å². The van der Waals surface area contributed by atoms with E-state index in [-0.39, 0.29) is 6.61 Å². The zero-order chi connectivity index (χ0) is 13.0. The molecule has 2 rings (SSSR count). The molecular weight excluding hydrogens is 250 g/mol. The van der Waals surface area contributed by atoms with Crippen molar-refractivity contribution in [2.45, 2.75) is 19.4 Å². The van der Waals surface area contributed by atoms with Gasteiger partial charge in [0, 0.05) is 0 Å². The van der Waals surface area contributed by atoms with E-state index in [9.17, 15) is 0 Å². The summed E-state index contributed by atoms with van der Waals surface area (Å²) in [4.78, 5) is 2.34. The van der Waals surface area contributed by atoms with Crippen molar-refractivity contribution in [2.75, 3.05) is 26.7 Å². The van der Waals surface area contributed by atoms with E-state index in [1.807, 2.05) is 12.1 Å². The lowest BCUT2D eigenvalue weighted by Crippen LogP contribution is -2.32. The number of nitrogens with zero attached hydrogens (tertiary/aromatic N) is 1. The average Bonchev–Trinajstić information content (AvgIpc) is 2.40. The molecule has 0 aliphatic carbocycles. The molecule has 1 aromatic rings. The molecule has 18 heavy (non-hydrogen) atoms. The normalized spacial score (nSPS) is 17.9. The first kappa shape index (κ1) is 13.7. The van der Waals surface area contributed by atoms with Gasteiger partial charge in [-0.25, -0.2) is 0 Å². The van der Waals surface area contributed by atoms with Gasteiger partial charge in [-0.1, -0.05) is 17.7 Å². The zero-order valence-corrected chi connectivity index (χ0v) is 11.5. The van der Waals surface area contributed by atoms with Crippen LogP contribution in [0.3, 0.4) is 0 Å². The van der Waals surface area contributed by atoms with Crippen LogP contribution in [0.1, 0.15) is 18.4 Å². The fourth-order valence-corrected chi connectivity index (χ4v) is 2.37. The highest BCUT2D eigenvalue weighted by Gasteiger charge is 2.17. The van der Waals surface area contributed by atoms with Gasteiger partial charge in [0.1, 0.15) is 5.75 Å². The molecule has 1 aliphatic rings. The first-order valence-corrected chi connectivity index (χ1v) is 6.77. The number of likely N-dealkylation sites (tertiary alicyclic amines) is 1. The van der Waals surface area contributed by atoms with E-state index in [1.165, 1.54) is 12.8 Å². The predicted molar refractivity (Wildman–Crippen MR) is 73.1 cm³/mol. The van der Waals surface area contributed by atoms with Crippen LogP contribution < -0.4 is 4.74 Å². The molecule has 0 amide bonds. The molecule has 0 spiro atoms. The van der Waals surface area contributed by atoms with E-state index in [1.54, 1.807) is 6.07 Å². The maximum absolute atomic E-state index is 9.09. The molecule has 0 atom stereocenters. The first-order valence-electron chi connectivity index (χ1n) is 6.39. The van der Waals surface area contributed by atoms with Crippen molar-refractivity contribution < 1.29 is 9.84 Å². The molecule has 0 saturated carbocycles. The SMILES string of the molecule is CN1CCC(COc2cc(CO)ccc2Cl)CC1. The molecule has 100 valence electrons. The second-order valence-corrected chi connectivity index (χ2v) is 5.39. The summed E-state index contributed by atoms with van der Waals surface area (Å²) in [5.74, 6) is 1.29. The quantitative estimate of drug-likeness (QED) is 0.912. The largest absolute Gasteiger partial charge is 0.492 e. The van der Waals surface area contributed by atoms with Crippen molar-refractivity contribution >= 4 is 11.6 Å². The van der Waals surface area contributed by atoms with Crippen LogP contribution in [0.4, 0.5) is 0 Å². The number of aliphatic hydroxyl groups excluding tert-OH is 1. The third-order valence-electron chi connectivity index (χ3n) is 3.49. The number of ether oxygens (including phenoxy) is 1. The molecule has 0 aromatic heterocycles. The van der Waals surface area contributed by atoms with Gasteiger partial charge < -0.3 is 14.7 Å². The lowest BCUT2D eigenvalue weighted by atomic mass is 9.98. The Morgan fingerprint density at radius 1 is 1.39 bits per heavy atom. The van der Waals surface area contributed by atoms with Crippen molar-refractivity contribution in [1.29, 1.82) is 0 Å². The Kier molecular flexibility index (Phi) is 4.87. The van der Waals surface area contributed by atoms with Crippen molar-refractivity contribution in [3.8, 4) is 5.75 Å². The van der Waals surface area contributed by atoms with Gasteiger partial charge in [-0.3, -0.25) is 0 Å². The van der Waals surface area contributed by atoms with E-state index >= 15 is 0 Å². The highest BCUT2D eigenvalue weighted by atomic mass is 35.5. The van der Waals surface area contributed by atoms with Crippen molar-refractivity contribution in [1.82, 2.24) is 4.90 Å². The third kappa shape index (κ3) is 3.61. The Hall–Kier alpha value is -0.770. The van der Waals surface area contributed by atoms with Crippen LogP contribution in [-0.4, -0.2) is 36.8 Å². The van der Waals surface area contributed by atoms with Crippen molar-refractivity contribution in [3.63, 3.8) is 0 Å². The van der Waals surface area contributed by atoms with Crippen LogP contribution in [0.15, 0.2) is 18.2 Å². The molecule has 4 heteroatoms. The smallest absolute Gasteiger partial charge is 0.138 e. The average molecular weight is 270 g/mol. The number of aliphatic hydroxyl groups is 1. The minimum atomic E-state index is 0.0156. The van der Waals surface area contributed by atoms with Gasteiger partial charge in [0.05, 0.1) is 18.2 Å². The van der Waals surface area contributed by atoms with Crippen LogP contribution in [0.25, 0.3) is 0 Å². The molecule has 0 unspecified atom stereocenters. The van der Waals surface area contributed by atoms with Crippen LogP contribution >= 0.6 is 11.6 Å². The summed E-state index contributed by atoms with van der Waals surface area (Å²) in [7, 11) is 2.15. The molecule has 3 nitrogen and oxygen atoms in total. The number of rotatable bonds is 4. The summed E-state index contributed by atoms with van der Waals surface area (Å²) in [5.41, 5.74) is 0.831. The first-order chi connectivity index (χ1) is 8.69. The van der Waals surface area contributed by atoms with Crippen molar-refractivity contribution in [2.24, 2.45) is 5.92 Å². The van der Waals surface area contributed by atoms with Crippen LogP contribution in [0, 0.1) is 5.92 Å². The molecule has 0 radical (unpaired) electrons. The molecule has 1 heterocycles. The van der Waals surface area contributed by atoms with Crippen LogP contribution in [0.5, 0.6) is 5.75 Å². The minimum absolute atomic E-state index is 0.0156. The van der Waals surface area contributed by atoms with Gasteiger partial charge >= 0.3 is 0 Å². The van der Waals surface area contributed by atoms with Gasteiger partial charge in [0.15, 0.2) is 0 Å². The summed E-state index contributed by atoms with van der Waals surface area (Å²) < 4.78 is 5.79. The highest BCUT2D eigenvalue weighted by molar-refractivity contribution is 6.32. The second kappa shape index (κ2) is 6.41. The molecule has 1 aliphatic heterocycles. The Balaban J connectivity index is 1.89. The Morgan fingerprint density at radius 2 is 2.11 bits per heavy atom. The maximum atomic E-state index is 9.09. The van der Waals surface area contributed by atoms with E-state index < -0.39 is 0 Å². The van der Waals surface area contributed by atoms with Crippen LogP contribution in [0.2, 0.25) is 5.02 Å². The minimum Gasteiger partial charge on any atom is -0.492 e. The van der Waals surface area contributed by atoms with Gasteiger partial charge in [0.25, 0.3) is 0 Å². The summed E-state index contributed by atoms with van der Waals surface area (Å²) >= 11 is 6.08. The summed E-state index contributed by atoms with van der Waals surface area (Å²) in [6.07, 6.45) is 2.35. The maximum Gasteiger partial charge on any atom is 0.138 e. The summed E-state index contributed by atoms with van der Waals surface area (Å²) in [6.45, 7) is 3.00. The molecule has 1 aromatic carbocycles. The molecule has 1 fully saturated rings. The number of piperidine rings is 1. The Bertz CT molecular complexity index is 389. The predicted octanol–water partition coefficient (Wildman–Crippen LogP) is 2.55. The van der Waals surface area contributed by atoms with Gasteiger partial charge in [0.2, 0.25) is 0 Å². The van der Waals surface area contributed by atoms with Gasteiger partial charge in [-0.15, -0.1) is 0 Å². The van der Waals surface area contributed by atoms with E-state index in [4.69, 9.17) is 21.4 Å². The fourth-order valence-electron chi connectivity index (χ4n) is 2.19. The molecule has 0 bridgehead atoms. The highest BCUT2D eigenvalue weighted by Crippen LogP contribution is 2.27. The Morgan fingerprint density at radius 3 is 2.78 bits per heavy atom. The van der Waals surface area contributed by atoms with Gasteiger partial charge in [-0.2, -0.15) is 0 Å². The number of hydrogen-bond donors (Lipinski definition) is 1. The topological polar surface area (TPSA) is 32.7 Å². The molecular formula is C14H20ClNO2. The van der Waals surface area contributed by atoms with E-state index in [2.05, 4.69) is 11.9 Å². The zero-order valence-electron chi connectivity index (χ0n) is 10.7. The van der Waals surface area contributed by atoms with Crippen LogP contribution in [-0.2, 0) is 6.61 Å². The standard InChI is InChI=1S/C14H20ClNO2/c1-16-6-4-11(5-7-16)10-18-14-8-12(9-17)2-3-13(14)15/h2-3,8,11,17H,4-7,9-10H2,1H3. The monoisotopic (exact) mass is 269 g/mol. The van der Waals surface area contributed by atoms with E-state index in [0.717, 1.165) is 18.7 Å².